The van der Waals surface area contributed by atoms with E-state index in [0.717, 1.165) is 16.8 Å². The van der Waals surface area contributed by atoms with Gasteiger partial charge in [-0.15, -0.1) is 0 Å². The zero-order valence-corrected chi connectivity index (χ0v) is 9.73. The number of rotatable bonds is 4. The molecular weight excluding hydrogens is 168 g/mol. The smallest absolute Gasteiger partial charge is 0.181 e. The summed E-state index contributed by atoms with van der Waals surface area (Å²) in [6, 6.07) is 0. The van der Waals surface area contributed by atoms with E-state index in [1.54, 1.807) is 13.8 Å². The molecule has 0 saturated carbocycles. The third-order valence-electron chi connectivity index (χ3n) is 0.950. The van der Waals surface area contributed by atoms with Gasteiger partial charge in [-0.05, 0) is 19.4 Å². The average molecular weight is 183 g/mol. The topological polar surface area (TPSA) is 18.5 Å². The van der Waals surface area contributed by atoms with Crippen LogP contribution in [0, 0.1) is 0 Å². The molecule has 0 saturated heterocycles. The molecule has 1 atom stereocenters. The molecule has 0 rings (SSSR count). The molecule has 0 N–H and O–H groups in total. The molecule has 0 aromatic heterocycles. The minimum Gasteiger partial charge on any atom is -0.349 e. The highest BCUT2D eigenvalue weighted by Crippen LogP contribution is 2.14. The van der Waals surface area contributed by atoms with Crippen LogP contribution in [0.25, 0.3) is 0 Å². The van der Waals surface area contributed by atoms with Crippen LogP contribution in [0.15, 0.2) is 0 Å². The maximum Gasteiger partial charge on any atom is 0.181 e. The van der Waals surface area contributed by atoms with Crippen LogP contribution in [0.2, 0.25) is 5.54 Å². The minimum absolute atomic E-state index is 0.639. The number of halogens is 1. The van der Waals surface area contributed by atoms with Crippen LogP contribution in [0.1, 0.15) is 20.8 Å². The molecule has 0 aromatic carbocycles. The van der Waals surface area contributed by atoms with Gasteiger partial charge in [0, 0.05) is 16.8 Å². The van der Waals surface area contributed by atoms with Gasteiger partial charge in [-0.3, -0.25) is 0 Å². The first-order valence-electron chi connectivity index (χ1n) is 3.41. The molecule has 0 aromatic rings. The number of hydrogen-bond donors (Lipinski definition) is 0. The van der Waals surface area contributed by atoms with E-state index in [1.807, 2.05) is 0 Å². The van der Waals surface area contributed by atoms with Crippen LogP contribution < -0.4 is 0 Å². The fourth-order valence-corrected chi connectivity index (χ4v) is 0.601. The van der Waals surface area contributed by atoms with E-state index >= 15 is 0 Å². The molecule has 62 valence electrons. The Balaban J connectivity index is 3.46. The van der Waals surface area contributed by atoms with Crippen molar-refractivity contribution in [1.82, 2.24) is 0 Å². The summed E-state index contributed by atoms with van der Waals surface area (Å²) in [5, 5.41) is 0. The summed E-state index contributed by atoms with van der Waals surface area (Å²) in [5.41, 5.74) is 0.645. The van der Waals surface area contributed by atoms with Crippen molar-refractivity contribution in [2.75, 3.05) is 6.61 Å². The highest BCUT2D eigenvalue weighted by molar-refractivity contribution is 6.11. The summed E-state index contributed by atoms with van der Waals surface area (Å²) in [6.07, 6.45) is 0. The first kappa shape index (κ1) is 10.4. The van der Waals surface area contributed by atoms with Crippen molar-refractivity contribution in [2.45, 2.75) is 32.1 Å². The van der Waals surface area contributed by atoms with E-state index in [1.165, 1.54) is 0 Å². The second-order valence-corrected chi connectivity index (χ2v) is 5.31. The van der Waals surface area contributed by atoms with Gasteiger partial charge < -0.3 is 4.74 Å². The third kappa shape index (κ3) is 5.23. The summed E-state index contributed by atoms with van der Waals surface area (Å²) in [6.45, 7) is 6.45. The molecule has 0 fully saturated rings. The van der Waals surface area contributed by atoms with E-state index < -0.39 is 5.79 Å². The average Bonchev–Trinajstić information content (AvgIpc) is 1.85. The summed E-state index contributed by atoms with van der Waals surface area (Å²) in [7, 11) is 1.14. The van der Waals surface area contributed by atoms with Gasteiger partial charge in [-0.1, -0.05) is 6.92 Å². The van der Waals surface area contributed by atoms with Gasteiger partial charge >= 0.3 is 0 Å². The number of hydrogen-bond acceptors (Lipinski definition) is 2. The van der Waals surface area contributed by atoms with Gasteiger partial charge in [0.2, 0.25) is 0 Å². The molecule has 0 aliphatic rings. The molecule has 0 amide bonds. The van der Waals surface area contributed by atoms with Crippen molar-refractivity contribution in [3.8, 4) is 0 Å². The van der Waals surface area contributed by atoms with Crippen molar-refractivity contribution < 1.29 is 9.03 Å². The fourth-order valence-electron chi connectivity index (χ4n) is 0.390. The molecule has 0 heterocycles. The Hall–Kier alpha value is 0.427. The largest absolute Gasteiger partial charge is 0.349 e. The van der Waals surface area contributed by atoms with Gasteiger partial charge in [-0.25, -0.2) is 4.29 Å². The fraction of sp³-hybridized carbons (Fsp3) is 1.00. The van der Waals surface area contributed by atoms with Crippen LogP contribution >= 0.6 is 11.9 Å². The normalized spacial score (nSPS) is 15.6. The van der Waals surface area contributed by atoms with Crippen LogP contribution in [-0.4, -0.2) is 22.6 Å². The second kappa shape index (κ2) is 4.33. The molecule has 2 nitrogen and oxygen atoms in total. The SMILES string of the molecule is CC([SiH3])COC(C)(C)OCl. The Bertz CT molecular complexity index is 95.7. The lowest BCUT2D eigenvalue weighted by atomic mass is 10.4. The van der Waals surface area contributed by atoms with Gasteiger partial charge in [0.05, 0.1) is 11.9 Å². The Morgan fingerprint density at radius 1 is 1.60 bits per heavy atom. The number of ether oxygens (including phenoxy) is 1. The van der Waals surface area contributed by atoms with Gasteiger partial charge in [0.1, 0.15) is 0 Å². The standard InChI is InChI=1S/C6H15ClO2Si/c1-5(10)4-8-6(2,3)9-7/h5H,4H2,1-3,10H3. The second-order valence-electron chi connectivity index (χ2n) is 3.18. The lowest BCUT2D eigenvalue weighted by molar-refractivity contribution is -0.152. The van der Waals surface area contributed by atoms with E-state index in [2.05, 4.69) is 11.2 Å². The minimum atomic E-state index is -0.639. The predicted octanol–water partition coefficient (Wildman–Crippen LogP) is 1.08. The zero-order valence-electron chi connectivity index (χ0n) is 6.98. The quantitative estimate of drug-likeness (QED) is 0.479. The van der Waals surface area contributed by atoms with Crippen molar-refractivity contribution in [1.29, 1.82) is 0 Å². The molecule has 10 heavy (non-hydrogen) atoms. The Labute approximate surface area is 70.4 Å². The van der Waals surface area contributed by atoms with Crippen molar-refractivity contribution in [3.63, 3.8) is 0 Å². The summed E-state index contributed by atoms with van der Waals surface area (Å²) >= 11 is 5.16. The first-order valence-corrected chi connectivity index (χ1v) is 4.88. The molecule has 0 aliphatic heterocycles. The maximum absolute atomic E-state index is 5.32. The van der Waals surface area contributed by atoms with Gasteiger partial charge in [0.25, 0.3) is 0 Å². The van der Waals surface area contributed by atoms with E-state index in [0.29, 0.717) is 5.54 Å². The van der Waals surface area contributed by atoms with Crippen molar-refractivity contribution in [2.24, 2.45) is 0 Å². The van der Waals surface area contributed by atoms with Crippen LogP contribution in [-0.2, 0) is 9.03 Å². The molecule has 0 radical (unpaired) electrons. The summed E-state index contributed by atoms with van der Waals surface area (Å²) < 4.78 is 9.87. The highest BCUT2D eigenvalue weighted by atomic mass is 35.5. The zero-order chi connectivity index (χ0) is 8.20. The van der Waals surface area contributed by atoms with E-state index in [-0.39, 0.29) is 0 Å². The molecular formula is C6H15ClO2Si. The Morgan fingerprint density at radius 2 is 2.10 bits per heavy atom. The monoisotopic (exact) mass is 182 g/mol. The van der Waals surface area contributed by atoms with Crippen LogP contribution in [0.5, 0.6) is 0 Å². The maximum atomic E-state index is 5.32. The third-order valence-corrected chi connectivity index (χ3v) is 1.66. The van der Waals surface area contributed by atoms with E-state index in [4.69, 9.17) is 16.6 Å². The molecule has 0 aliphatic carbocycles. The van der Waals surface area contributed by atoms with E-state index in [9.17, 15) is 0 Å². The summed E-state index contributed by atoms with van der Waals surface area (Å²) in [5.74, 6) is -0.639. The van der Waals surface area contributed by atoms with Gasteiger partial charge in [-0.2, -0.15) is 0 Å². The lowest BCUT2D eigenvalue weighted by Crippen LogP contribution is -2.26. The summed E-state index contributed by atoms with van der Waals surface area (Å²) in [4.78, 5) is 0. The van der Waals surface area contributed by atoms with Crippen molar-refractivity contribution >= 4 is 22.1 Å². The predicted molar refractivity (Wildman–Crippen MR) is 46.3 cm³/mol. The lowest BCUT2D eigenvalue weighted by Gasteiger charge is -2.22. The van der Waals surface area contributed by atoms with Crippen LogP contribution in [0.3, 0.4) is 0 Å². The molecule has 1 unspecified atom stereocenters. The Kier molecular flexibility index (Phi) is 4.52. The molecule has 0 spiro atoms. The molecule has 4 heteroatoms. The van der Waals surface area contributed by atoms with Crippen LogP contribution in [0.4, 0.5) is 0 Å². The Morgan fingerprint density at radius 3 is 2.40 bits per heavy atom. The first-order chi connectivity index (χ1) is 4.48. The molecule has 0 bridgehead atoms. The van der Waals surface area contributed by atoms with Gasteiger partial charge in [0.15, 0.2) is 5.79 Å². The van der Waals surface area contributed by atoms with Crippen molar-refractivity contribution in [3.05, 3.63) is 0 Å². The highest BCUT2D eigenvalue weighted by Gasteiger charge is 2.18.